The van der Waals surface area contributed by atoms with Crippen LogP contribution >= 0.6 is 0 Å². The minimum absolute atomic E-state index is 0.660. The van der Waals surface area contributed by atoms with Crippen LogP contribution in [0.5, 0.6) is 5.75 Å². The first kappa shape index (κ1) is 12.6. The van der Waals surface area contributed by atoms with Gasteiger partial charge in [0.15, 0.2) is 0 Å². The summed E-state index contributed by atoms with van der Waals surface area (Å²) in [6, 6.07) is 15.3. The normalized spacial score (nSPS) is 12.3. The van der Waals surface area contributed by atoms with Gasteiger partial charge in [-0.1, -0.05) is 30.3 Å². The van der Waals surface area contributed by atoms with Gasteiger partial charge in [-0.05, 0) is 34.7 Å². The molecule has 3 heteroatoms. The van der Waals surface area contributed by atoms with Gasteiger partial charge in [-0.25, -0.2) is 0 Å². The van der Waals surface area contributed by atoms with Crippen LogP contribution in [0.2, 0.25) is 0 Å². The maximum absolute atomic E-state index is 10.6. The van der Waals surface area contributed by atoms with E-state index in [1.54, 1.807) is 19.5 Å². The van der Waals surface area contributed by atoms with Gasteiger partial charge in [-0.2, -0.15) is 0 Å². The summed E-state index contributed by atoms with van der Waals surface area (Å²) in [4.78, 5) is 4.11. The highest BCUT2D eigenvalue weighted by atomic mass is 16.5. The molecule has 0 saturated heterocycles. The lowest BCUT2D eigenvalue weighted by Crippen LogP contribution is -2.00. The third kappa shape index (κ3) is 2.24. The Morgan fingerprint density at radius 2 is 1.85 bits per heavy atom. The van der Waals surface area contributed by atoms with Crippen molar-refractivity contribution in [2.24, 2.45) is 0 Å². The molecule has 0 bridgehead atoms. The second-order valence-corrected chi connectivity index (χ2v) is 4.62. The Morgan fingerprint density at radius 1 is 1.05 bits per heavy atom. The van der Waals surface area contributed by atoms with Crippen LogP contribution in [-0.4, -0.2) is 17.2 Å². The van der Waals surface area contributed by atoms with Gasteiger partial charge in [-0.3, -0.25) is 4.98 Å². The number of ether oxygens (including phenoxy) is 1. The molecule has 3 aromatic rings. The molecule has 1 unspecified atom stereocenters. The average Bonchev–Trinajstić information content (AvgIpc) is 2.54. The fraction of sp³-hybridized carbons (Fsp3) is 0.118. The monoisotopic (exact) mass is 265 g/mol. The van der Waals surface area contributed by atoms with Crippen molar-refractivity contribution in [1.29, 1.82) is 0 Å². The molecular weight excluding hydrogens is 250 g/mol. The first-order valence-corrected chi connectivity index (χ1v) is 6.44. The zero-order chi connectivity index (χ0) is 13.9. The Hall–Kier alpha value is -2.39. The van der Waals surface area contributed by atoms with Gasteiger partial charge in [-0.15, -0.1) is 0 Å². The predicted octanol–water partition coefficient (Wildman–Crippen LogP) is 3.33. The summed E-state index contributed by atoms with van der Waals surface area (Å²) in [7, 11) is 1.63. The van der Waals surface area contributed by atoms with E-state index in [9.17, 15) is 5.11 Å². The first-order valence-electron chi connectivity index (χ1n) is 6.44. The summed E-state index contributed by atoms with van der Waals surface area (Å²) in [5.41, 5.74) is 1.73. The third-order valence-corrected chi connectivity index (χ3v) is 3.44. The molecule has 0 aliphatic carbocycles. The molecule has 0 radical (unpaired) electrons. The molecule has 0 aliphatic heterocycles. The molecule has 2 aromatic carbocycles. The van der Waals surface area contributed by atoms with Crippen molar-refractivity contribution in [3.05, 3.63) is 72.1 Å². The highest BCUT2D eigenvalue weighted by molar-refractivity contribution is 5.85. The second-order valence-electron chi connectivity index (χ2n) is 4.62. The van der Waals surface area contributed by atoms with E-state index >= 15 is 0 Å². The van der Waals surface area contributed by atoms with Crippen LogP contribution in [0.25, 0.3) is 10.8 Å². The van der Waals surface area contributed by atoms with Crippen molar-refractivity contribution in [1.82, 2.24) is 4.98 Å². The molecule has 3 rings (SSSR count). The highest BCUT2D eigenvalue weighted by Crippen LogP contribution is 2.29. The lowest BCUT2D eigenvalue weighted by atomic mass is 9.97. The molecule has 1 N–H and O–H groups in total. The van der Waals surface area contributed by atoms with E-state index in [4.69, 9.17) is 4.74 Å². The summed E-state index contributed by atoms with van der Waals surface area (Å²) >= 11 is 0. The number of nitrogens with zero attached hydrogens (tertiary/aromatic N) is 1. The summed E-state index contributed by atoms with van der Waals surface area (Å²) in [6.45, 7) is 0. The Morgan fingerprint density at radius 3 is 2.60 bits per heavy atom. The van der Waals surface area contributed by atoms with Gasteiger partial charge in [0.1, 0.15) is 11.9 Å². The summed E-state index contributed by atoms with van der Waals surface area (Å²) in [5, 5.41) is 12.6. The van der Waals surface area contributed by atoms with Gasteiger partial charge in [0, 0.05) is 17.8 Å². The Kier molecular flexibility index (Phi) is 3.35. The first-order chi connectivity index (χ1) is 9.79. The van der Waals surface area contributed by atoms with Crippen LogP contribution in [0.15, 0.2) is 60.9 Å². The Balaban J connectivity index is 2.05. The third-order valence-electron chi connectivity index (χ3n) is 3.44. The van der Waals surface area contributed by atoms with E-state index in [-0.39, 0.29) is 0 Å². The SMILES string of the molecule is COc1ccc(C(O)c2cccc3cnccc23)cc1. The van der Waals surface area contributed by atoms with Crippen molar-refractivity contribution in [2.45, 2.75) is 6.10 Å². The topological polar surface area (TPSA) is 42.4 Å². The Labute approximate surface area is 117 Å². The molecular formula is C17H15NO2. The van der Waals surface area contributed by atoms with E-state index in [0.29, 0.717) is 0 Å². The molecule has 20 heavy (non-hydrogen) atoms. The number of aliphatic hydroxyl groups excluding tert-OH is 1. The number of hydrogen-bond acceptors (Lipinski definition) is 3. The molecule has 0 aliphatic rings. The molecule has 100 valence electrons. The quantitative estimate of drug-likeness (QED) is 0.790. The number of pyridine rings is 1. The van der Waals surface area contributed by atoms with Gasteiger partial charge in [0.25, 0.3) is 0 Å². The predicted molar refractivity (Wildman–Crippen MR) is 78.8 cm³/mol. The number of rotatable bonds is 3. The van der Waals surface area contributed by atoms with E-state index in [1.807, 2.05) is 48.5 Å². The second kappa shape index (κ2) is 5.31. The van der Waals surface area contributed by atoms with Gasteiger partial charge in [0.05, 0.1) is 7.11 Å². The summed E-state index contributed by atoms with van der Waals surface area (Å²) in [5.74, 6) is 0.781. The molecule has 0 amide bonds. The largest absolute Gasteiger partial charge is 0.497 e. The summed E-state index contributed by atoms with van der Waals surface area (Å²) < 4.78 is 5.13. The molecule has 1 heterocycles. The molecule has 0 spiro atoms. The van der Waals surface area contributed by atoms with Gasteiger partial charge in [0.2, 0.25) is 0 Å². The van der Waals surface area contributed by atoms with Crippen LogP contribution in [0, 0.1) is 0 Å². The highest BCUT2D eigenvalue weighted by Gasteiger charge is 2.13. The molecule has 3 nitrogen and oxygen atoms in total. The molecule has 1 atom stereocenters. The van der Waals surface area contributed by atoms with Crippen LogP contribution < -0.4 is 4.74 Å². The van der Waals surface area contributed by atoms with Crippen molar-refractivity contribution in [3.63, 3.8) is 0 Å². The van der Waals surface area contributed by atoms with Gasteiger partial charge < -0.3 is 9.84 Å². The van der Waals surface area contributed by atoms with Gasteiger partial charge >= 0.3 is 0 Å². The zero-order valence-electron chi connectivity index (χ0n) is 11.2. The van der Waals surface area contributed by atoms with E-state index < -0.39 is 6.10 Å². The average molecular weight is 265 g/mol. The van der Waals surface area contributed by atoms with Crippen LogP contribution in [0.4, 0.5) is 0 Å². The van der Waals surface area contributed by atoms with Crippen molar-refractivity contribution < 1.29 is 9.84 Å². The fourth-order valence-electron chi connectivity index (χ4n) is 2.35. The minimum Gasteiger partial charge on any atom is -0.497 e. The maximum Gasteiger partial charge on any atom is 0.118 e. The maximum atomic E-state index is 10.6. The zero-order valence-corrected chi connectivity index (χ0v) is 11.2. The number of methoxy groups -OCH3 is 1. The van der Waals surface area contributed by atoms with E-state index in [2.05, 4.69) is 4.98 Å². The Bertz CT molecular complexity index is 717. The van der Waals surface area contributed by atoms with Crippen LogP contribution in [-0.2, 0) is 0 Å². The smallest absolute Gasteiger partial charge is 0.118 e. The minimum atomic E-state index is -0.660. The number of aromatic nitrogens is 1. The van der Waals surface area contributed by atoms with E-state index in [1.165, 1.54) is 0 Å². The number of aliphatic hydroxyl groups is 1. The van der Waals surface area contributed by atoms with Crippen molar-refractivity contribution in [3.8, 4) is 5.75 Å². The number of fused-ring (bicyclic) bond motifs is 1. The van der Waals surface area contributed by atoms with Crippen LogP contribution in [0.1, 0.15) is 17.2 Å². The van der Waals surface area contributed by atoms with Crippen molar-refractivity contribution in [2.75, 3.05) is 7.11 Å². The fourth-order valence-corrected chi connectivity index (χ4v) is 2.35. The molecule has 1 aromatic heterocycles. The standard InChI is InChI=1S/C17H15NO2/c1-20-14-7-5-12(6-8-14)17(19)16-4-2-3-13-11-18-10-9-15(13)16/h2-11,17,19H,1H3. The number of hydrogen-bond donors (Lipinski definition) is 1. The van der Waals surface area contributed by atoms with Crippen molar-refractivity contribution >= 4 is 10.8 Å². The summed E-state index contributed by atoms with van der Waals surface area (Å²) in [6.07, 6.45) is 2.89. The molecule has 0 fully saturated rings. The number of benzene rings is 2. The van der Waals surface area contributed by atoms with Crippen LogP contribution in [0.3, 0.4) is 0 Å². The lowest BCUT2D eigenvalue weighted by Gasteiger charge is -2.14. The lowest BCUT2D eigenvalue weighted by molar-refractivity contribution is 0.222. The van der Waals surface area contributed by atoms with E-state index in [0.717, 1.165) is 27.6 Å². The molecule has 0 saturated carbocycles.